The van der Waals surface area contributed by atoms with Crippen LogP contribution in [0.5, 0.6) is 11.5 Å². The molecule has 0 atom stereocenters. The van der Waals surface area contributed by atoms with Crippen LogP contribution in [-0.2, 0) is 19.7 Å². The van der Waals surface area contributed by atoms with Crippen molar-refractivity contribution in [2.75, 3.05) is 6.61 Å². The van der Waals surface area contributed by atoms with Crippen molar-refractivity contribution in [1.29, 1.82) is 0 Å². The molecule has 0 fully saturated rings. The molecule has 0 bridgehead atoms. The second-order valence-electron chi connectivity index (χ2n) is 6.28. The van der Waals surface area contributed by atoms with Gasteiger partial charge in [0.1, 0.15) is 25.5 Å². The molecule has 28 heavy (non-hydrogen) atoms. The second-order valence-corrected chi connectivity index (χ2v) is 6.68. The Labute approximate surface area is 169 Å². The van der Waals surface area contributed by atoms with Gasteiger partial charge in [0.05, 0.1) is 11.6 Å². The van der Waals surface area contributed by atoms with E-state index in [1.165, 1.54) is 6.07 Å². The largest absolute Gasteiger partial charge is 0.490 e. The van der Waals surface area contributed by atoms with Crippen molar-refractivity contribution >= 4 is 11.6 Å². The normalized spacial score (nSPS) is 10.7. The first-order chi connectivity index (χ1) is 13.7. The lowest BCUT2D eigenvalue weighted by atomic mass is 10.2. The fourth-order valence-corrected chi connectivity index (χ4v) is 3.12. The van der Waals surface area contributed by atoms with Gasteiger partial charge in [0, 0.05) is 29.1 Å². The van der Waals surface area contributed by atoms with Crippen LogP contribution in [0.1, 0.15) is 23.6 Å². The Hall–Kier alpha value is -2.63. The zero-order chi connectivity index (χ0) is 19.8. The van der Waals surface area contributed by atoms with Gasteiger partial charge in [0.25, 0.3) is 0 Å². The van der Waals surface area contributed by atoms with Crippen LogP contribution in [0.25, 0.3) is 0 Å². The van der Waals surface area contributed by atoms with Crippen molar-refractivity contribution in [3.05, 3.63) is 88.5 Å². The summed E-state index contributed by atoms with van der Waals surface area (Å²) in [5.41, 5.74) is 2.65. The summed E-state index contributed by atoms with van der Waals surface area (Å²) in [6.45, 7) is 4.02. The quantitative estimate of drug-likeness (QED) is 0.586. The molecule has 1 heterocycles. The third-order valence-corrected chi connectivity index (χ3v) is 4.46. The van der Waals surface area contributed by atoms with Gasteiger partial charge in [-0.25, -0.2) is 4.39 Å². The molecular formula is C22H23ClFN2O2+. The number of ether oxygens (including phenoxy) is 2. The minimum absolute atomic E-state index is 0.0823. The Morgan fingerprint density at radius 2 is 1.86 bits per heavy atom. The molecular weight excluding hydrogens is 379 g/mol. The monoisotopic (exact) mass is 401 g/mol. The van der Waals surface area contributed by atoms with Gasteiger partial charge in [-0.15, -0.1) is 0 Å². The summed E-state index contributed by atoms with van der Waals surface area (Å²) < 4.78 is 25.3. The Kier molecular flexibility index (Phi) is 7.23. The van der Waals surface area contributed by atoms with Crippen LogP contribution in [-0.4, -0.2) is 11.6 Å². The van der Waals surface area contributed by atoms with Crippen LogP contribution in [0.15, 0.2) is 60.9 Å². The first-order valence-corrected chi connectivity index (χ1v) is 9.57. The highest BCUT2D eigenvalue weighted by molar-refractivity contribution is 6.32. The fourth-order valence-electron chi connectivity index (χ4n) is 2.83. The number of benzene rings is 2. The molecule has 0 aliphatic heterocycles. The summed E-state index contributed by atoms with van der Waals surface area (Å²) in [4.78, 5) is 4.12. The summed E-state index contributed by atoms with van der Waals surface area (Å²) in [6, 6.07) is 14.3. The van der Waals surface area contributed by atoms with E-state index in [-0.39, 0.29) is 12.4 Å². The maximum absolute atomic E-state index is 13.8. The van der Waals surface area contributed by atoms with Crippen molar-refractivity contribution in [3.63, 3.8) is 0 Å². The molecule has 0 spiro atoms. The van der Waals surface area contributed by atoms with Gasteiger partial charge in [-0.05, 0) is 31.2 Å². The van der Waals surface area contributed by atoms with Crippen molar-refractivity contribution in [2.45, 2.75) is 26.6 Å². The Morgan fingerprint density at radius 3 is 2.61 bits per heavy atom. The molecule has 1 aromatic heterocycles. The third kappa shape index (κ3) is 5.44. The first kappa shape index (κ1) is 20.1. The number of rotatable bonds is 9. The van der Waals surface area contributed by atoms with Crippen molar-refractivity contribution in [1.82, 2.24) is 4.98 Å². The number of pyridine rings is 1. The van der Waals surface area contributed by atoms with E-state index in [4.69, 9.17) is 21.1 Å². The molecule has 0 unspecified atom stereocenters. The van der Waals surface area contributed by atoms with E-state index in [0.717, 1.165) is 24.2 Å². The van der Waals surface area contributed by atoms with Crippen molar-refractivity contribution < 1.29 is 19.2 Å². The molecule has 0 aliphatic rings. The minimum atomic E-state index is -0.307. The molecule has 4 nitrogen and oxygen atoms in total. The molecule has 3 rings (SSSR count). The Morgan fingerprint density at radius 1 is 1.04 bits per heavy atom. The van der Waals surface area contributed by atoms with E-state index in [9.17, 15) is 4.39 Å². The number of quaternary nitrogens is 1. The molecule has 0 amide bonds. The van der Waals surface area contributed by atoms with Crippen molar-refractivity contribution in [3.8, 4) is 11.5 Å². The number of hydrogen-bond donors (Lipinski definition) is 1. The molecule has 146 valence electrons. The summed E-state index contributed by atoms with van der Waals surface area (Å²) in [6.07, 6.45) is 3.62. The summed E-state index contributed by atoms with van der Waals surface area (Å²) in [5, 5.41) is 2.62. The molecule has 3 aromatic rings. The average Bonchev–Trinajstić information content (AvgIpc) is 2.70. The van der Waals surface area contributed by atoms with Gasteiger partial charge in [-0.3, -0.25) is 4.98 Å². The minimum Gasteiger partial charge on any atom is -0.490 e. The molecule has 2 aromatic carbocycles. The average molecular weight is 402 g/mol. The van der Waals surface area contributed by atoms with Crippen molar-refractivity contribution in [2.24, 2.45) is 0 Å². The van der Waals surface area contributed by atoms with E-state index in [1.807, 2.05) is 37.4 Å². The zero-order valence-corrected chi connectivity index (χ0v) is 16.5. The SMILES string of the molecule is CCOc1cc(C[NH2+]Cc2cccnc2)cc(Cl)c1OCc1ccccc1F. The van der Waals surface area contributed by atoms with E-state index in [0.29, 0.717) is 28.7 Å². The summed E-state index contributed by atoms with van der Waals surface area (Å²) in [5.74, 6) is 0.692. The maximum atomic E-state index is 13.8. The van der Waals surface area contributed by atoms with E-state index in [1.54, 1.807) is 24.4 Å². The predicted molar refractivity (Wildman–Crippen MR) is 107 cm³/mol. The molecule has 0 saturated carbocycles. The predicted octanol–water partition coefficient (Wildman–Crippen LogP) is 4.12. The van der Waals surface area contributed by atoms with Gasteiger partial charge in [-0.2, -0.15) is 0 Å². The third-order valence-electron chi connectivity index (χ3n) is 4.18. The lowest BCUT2D eigenvalue weighted by Gasteiger charge is -2.15. The number of nitrogens with zero attached hydrogens (tertiary/aromatic N) is 1. The fraction of sp³-hybridized carbons (Fsp3) is 0.227. The second kappa shape index (κ2) is 10.1. The standard InChI is InChI=1S/C22H22ClFN2O2/c1-2-27-21-11-17(14-26-13-16-6-5-9-25-12-16)10-19(23)22(21)28-15-18-7-3-4-8-20(18)24/h3-12,26H,2,13-15H2,1H3/p+1. The first-order valence-electron chi connectivity index (χ1n) is 9.19. The highest BCUT2D eigenvalue weighted by Gasteiger charge is 2.14. The van der Waals surface area contributed by atoms with Crippen LogP contribution < -0.4 is 14.8 Å². The van der Waals surface area contributed by atoms with Crippen LogP contribution >= 0.6 is 11.6 Å². The molecule has 0 aliphatic carbocycles. The van der Waals surface area contributed by atoms with Gasteiger partial charge < -0.3 is 14.8 Å². The molecule has 0 saturated heterocycles. The topological polar surface area (TPSA) is 48.0 Å². The van der Waals surface area contributed by atoms with E-state index >= 15 is 0 Å². The molecule has 6 heteroatoms. The number of aromatic nitrogens is 1. The zero-order valence-electron chi connectivity index (χ0n) is 15.7. The molecule has 2 N–H and O–H groups in total. The highest BCUT2D eigenvalue weighted by atomic mass is 35.5. The highest BCUT2D eigenvalue weighted by Crippen LogP contribution is 2.37. The molecule has 0 radical (unpaired) electrons. The lowest BCUT2D eigenvalue weighted by Crippen LogP contribution is -2.80. The number of hydrogen-bond acceptors (Lipinski definition) is 3. The lowest BCUT2D eigenvalue weighted by molar-refractivity contribution is -0.686. The smallest absolute Gasteiger partial charge is 0.180 e. The Bertz CT molecular complexity index is 906. The van der Waals surface area contributed by atoms with E-state index < -0.39 is 0 Å². The van der Waals surface area contributed by atoms with E-state index in [2.05, 4.69) is 10.3 Å². The van der Waals surface area contributed by atoms with Gasteiger partial charge in [-0.1, -0.05) is 35.9 Å². The van der Waals surface area contributed by atoms with Crippen LogP contribution in [0.3, 0.4) is 0 Å². The number of halogens is 2. The van der Waals surface area contributed by atoms with Crippen LogP contribution in [0, 0.1) is 5.82 Å². The van der Waals surface area contributed by atoms with Crippen LogP contribution in [0.2, 0.25) is 5.02 Å². The maximum Gasteiger partial charge on any atom is 0.180 e. The van der Waals surface area contributed by atoms with Gasteiger partial charge in [0.15, 0.2) is 11.5 Å². The van der Waals surface area contributed by atoms with Gasteiger partial charge >= 0.3 is 0 Å². The van der Waals surface area contributed by atoms with Gasteiger partial charge in [0.2, 0.25) is 0 Å². The number of nitrogens with two attached hydrogens (primary N) is 1. The van der Waals surface area contributed by atoms with Crippen LogP contribution in [0.4, 0.5) is 4.39 Å². The summed E-state index contributed by atoms with van der Waals surface area (Å²) >= 11 is 6.45. The summed E-state index contributed by atoms with van der Waals surface area (Å²) in [7, 11) is 0. The Balaban J connectivity index is 1.69.